The van der Waals surface area contributed by atoms with Crippen molar-refractivity contribution < 1.29 is 19.7 Å². The van der Waals surface area contributed by atoms with Crippen LogP contribution < -0.4 is 0 Å². The molecule has 7 atom stereocenters. The fourth-order valence-corrected chi connectivity index (χ4v) is 6.47. The summed E-state index contributed by atoms with van der Waals surface area (Å²) in [6.45, 7) is 6.63. The van der Waals surface area contributed by atoms with Crippen LogP contribution in [0.15, 0.2) is 11.6 Å². The third kappa shape index (κ3) is 2.08. The second-order valence-corrected chi connectivity index (χ2v) is 9.30. The van der Waals surface area contributed by atoms with Crippen LogP contribution in [0.3, 0.4) is 0 Å². The molecule has 3 aliphatic carbocycles. The van der Waals surface area contributed by atoms with Crippen molar-refractivity contribution in [3.63, 3.8) is 0 Å². The minimum absolute atomic E-state index is 0.0456. The average molecular weight is 334 g/mol. The lowest BCUT2D eigenvalue weighted by atomic mass is 9.63. The van der Waals surface area contributed by atoms with Gasteiger partial charge < -0.3 is 14.9 Å². The summed E-state index contributed by atoms with van der Waals surface area (Å²) in [7, 11) is 0. The number of aliphatic hydroxyl groups is 2. The van der Waals surface area contributed by atoms with Gasteiger partial charge in [0.15, 0.2) is 0 Å². The van der Waals surface area contributed by atoms with Gasteiger partial charge in [0.25, 0.3) is 0 Å². The fourth-order valence-electron chi connectivity index (χ4n) is 6.47. The molecular weight excluding hydrogens is 304 g/mol. The maximum absolute atomic E-state index is 12.4. The number of allylic oxidation sites excluding steroid dienone is 1. The summed E-state index contributed by atoms with van der Waals surface area (Å²) in [6.07, 6.45) is 6.45. The minimum Gasteiger partial charge on any atom is -0.456 e. The largest absolute Gasteiger partial charge is 0.456 e. The van der Waals surface area contributed by atoms with E-state index >= 15 is 0 Å². The molecule has 4 heteroatoms. The van der Waals surface area contributed by atoms with Gasteiger partial charge >= 0.3 is 5.97 Å². The molecule has 0 aromatic rings. The molecule has 0 spiro atoms. The monoisotopic (exact) mass is 334 g/mol. The molecule has 134 valence electrons. The van der Waals surface area contributed by atoms with Gasteiger partial charge in [-0.15, -0.1) is 0 Å². The van der Waals surface area contributed by atoms with Gasteiger partial charge in [0.05, 0.1) is 6.61 Å². The van der Waals surface area contributed by atoms with E-state index in [-0.39, 0.29) is 29.8 Å². The quantitative estimate of drug-likeness (QED) is 0.762. The summed E-state index contributed by atoms with van der Waals surface area (Å²) in [6, 6.07) is 0. The smallest absolute Gasteiger partial charge is 0.334 e. The average Bonchev–Trinajstić information content (AvgIpc) is 2.94. The molecule has 1 saturated heterocycles. The molecule has 3 unspecified atom stereocenters. The highest BCUT2D eigenvalue weighted by molar-refractivity contribution is 5.90. The summed E-state index contributed by atoms with van der Waals surface area (Å²) in [4.78, 5) is 12.4. The van der Waals surface area contributed by atoms with Gasteiger partial charge in [-0.25, -0.2) is 4.79 Å². The molecule has 1 heterocycles. The molecule has 1 aliphatic heterocycles. The Morgan fingerprint density at radius 3 is 2.79 bits per heavy atom. The summed E-state index contributed by atoms with van der Waals surface area (Å²) in [5.41, 5.74) is -0.348. The number of ether oxygens (including phenoxy) is 1. The van der Waals surface area contributed by atoms with Crippen molar-refractivity contribution in [1.29, 1.82) is 0 Å². The molecule has 0 aromatic carbocycles. The van der Waals surface area contributed by atoms with E-state index in [2.05, 4.69) is 26.8 Å². The van der Waals surface area contributed by atoms with Crippen LogP contribution in [0.2, 0.25) is 0 Å². The second kappa shape index (κ2) is 5.31. The Balaban J connectivity index is 1.78. The molecule has 0 radical (unpaired) electrons. The molecule has 3 fully saturated rings. The first-order chi connectivity index (χ1) is 11.3. The Morgan fingerprint density at radius 2 is 2.12 bits per heavy atom. The minimum atomic E-state index is -1.28. The lowest BCUT2D eigenvalue weighted by molar-refractivity contribution is -0.166. The molecule has 2 bridgehead atoms. The highest BCUT2D eigenvalue weighted by atomic mass is 16.6. The summed E-state index contributed by atoms with van der Waals surface area (Å²) >= 11 is 0. The number of hydrogen-bond acceptors (Lipinski definition) is 4. The van der Waals surface area contributed by atoms with Gasteiger partial charge in [-0.2, -0.15) is 0 Å². The zero-order valence-corrected chi connectivity index (χ0v) is 15.0. The third-order valence-corrected chi connectivity index (χ3v) is 7.89. The van der Waals surface area contributed by atoms with Crippen LogP contribution in [0, 0.1) is 35.0 Å². The SMILES string of the molecule is CC(C)C1CC[C@]2(C)CC3C4C[C@@H](OC(=O)/C4=C/C[C@@H]12)[C@]3(O)CO. The first kappa shape index (κ1) is 16.6. The van der Waals surface area contributed by atoms with Crippen LogP contribution in [0.1, 0.15) is 52.9 Å². The molecule has 2 saturated carbocycles. The lowest BCUT2D eigenvalue weighted by Gasteiger charge is -2.42. The predicted molar refractivity (Wildman–Crippen MR) is 90.0 cm³/mol. The number of fused-ring (bicyclic) bond motifs is 2. The number of rotatable bonds is 2. The molecular formula is C20H30O4. The Morgan fingerprint density at radius 1 is 1.38 bits per heavy atom. The van der Waals surface area contributed by atoms with Crippen molar-refractivity contribution in [2.45, 2.75) is 64.6 Å². The van der Waals surface area contributed by atoms with Crippen LogP contribution in [0.4, 0.5) is 0 Å². The van der Waals surface area contributed by atoms with Crippen LogP contribution in [0.25, 0.3) is 0 Å². The van der Waals surface area contributed by atoms with Crippen molar-refractivity contribution in [3.8, 4) is 0 Å². The number of carbonyl (C=O) groups is 1. The van der Waals surface area contributed by atoms with Crippen molar-refractivity contribution in [2.75, 3.05) is 6.61 Å². The van der Waals surface area contributed by atoms with E-state index in [1.165, 1.54) is 12.8 Å². The van der Waals surface area contributed by atoms with E-state index in [0.717, 1.165) is 18.4 Å². The highest BCUT2D eigenvalue weighted by Crippen LogP contribution is 2.61. The molecule has 0 amide bonds. The second-order valence-electron chi connectivity index (χ2n) is 9.30. The normalized spacial score (nSPS) is 52.3. The molecule has 0 aromatic heterocycles. The summed E-state index contributed by atoms with van der Waals surface area (Å²) in [5.74, 6) is 1.54. The number of aliphatic hydroxyl groups excluding tert-OH is 1. The first-order valence-electron chi connectivity index (χ1n) is 9.54. The molecule has 4 rings (SSSR count). The van der Waals surface area contributed by atoms with Crippen LogP contribution in [-0.2, 0) is 9.53 Å². The van der Waals surface area contributed by atoms with Gasteiger partial charge in [0, 0.05) is 17.4 Å². The lowest BCUT2D eigenvalue weighted by Crippen LogP contribution is -2.49. The molecule has 4 aliphatic rings. The number of carbonyl (C=O) groups excluding carboxylic acids is 1. The van der Waals surface area contributed by atoms with E-state index in [9.17, 15) is 15.0 Å². The molecule has 4 nitrogen and oxygen atoms in total. The summed E-state index contributed by atoms with van der Waals surface area (Å²) in [5, 5.41) is 21.1. The van der Waals surface area contributed by atoms with Crippen molar-refractivity contribution in [2.24, 2.45) is 35.0 Å². The van der Waals surface area contributed by atoms with E-state index < -0.39 is 11.7 Å². The fraction of sp³-hybridized carbons (Fsp3) is 0.850. The van der Waals surface area contributed by atoms with Gasteiger partial charge in [-0.05, 0) is 55.3 Å². The Labute approximate surface area is 144 Å². The van der Waals surface area contributed by atoms with Crippen molar-refractivity contribution in [3.05, 3.63) is 11.6 Å². The van der Waals surface area contributed by atoms with Gasteiger partial charge in [0.2, 0.25) is 0 Å². The highest BCUT2D eigenvalue weighted by Gasteiger charge is 2.63. The topological polar surface area (TPSA) is 66.8 Å². The van der Waals surface area contributed by atoms with Crippen molar-refractivity contribution >= 4 is 5.97 Å². The van der Waals surface area contributed by atoms with E-state index in [1.807, 2.05) is 0 Å². The third-order valence-electron chi connectivity index (χ3n) is 7.89. The maximum Gasteiger partial charge on any atom is 0.334 e. The predicted octanol–water partition coefficient (Wildman–Crippen LogP) is 2.68. The number of esters is 1. The van der Waals surface area contributed by atoms with E-state index in [0.29, 0.717) is 24.2 Å². The maximum atomic E-state index is 12.4. The van der Waals surface area contributed by atoms with E-state index in [4.69, 9.17) is 4.74 Å². The zero-order valence-electron chi connectivity index (χ0n) is 15.0. The van der Waals surface area contributed by atoms with Gasteiger partial charge in [0.1, 0.15) is 11.7 Å². The summed E-state index contributed by atoms with van der Waals surface area (Å²) < 4.78 is 5.52. The Kier molecular flexibility index (Phi) is 3.67. The molecule has 24 heavy (non-hydrogen) atoms. The van der Waals surface area contributed by atoms with E-state index in [1.54, 1.807) is 0 Å². The standard InChI is InChI=1S/C20H30O4/c1-11(2)12-6-7-19(3)9-16-14-8-17(20(16,23)10-21)24-18(22)13(14)4-5-15(12)19/h4,11-12,14-17,21,23H,5-10H2,1-3H3/b13-4+/t12?,14?,15-,16?,17+,19+,20-/m0/s1. The van der Waals surface area contributed by atoms with Gasteiger partial charge in [-0.1, -0.05) is 26.8 Å². The molecule has 2 N–H and O–H groups in total. The first-order valence-corrected chi connectivity index (χ1v) is 9.54. The van der Waals surface area contributed by atoms with Crippen LogP contribution >= 0.6 is 0 Å². The van der Waals surface area contributed by atoms with Crippen LogP contribution in [0.5, 0.6) is 0 Å². The van der Waals surface area contributed by atoms with Gasteiger partial charge in [-0.3, -0.25) is 0 Å². The van der Waals surface area contributed by atoms with Crippen LogP contribution in [-0.4, -0.2) is 34.5 Å². The Hall–Kier alpha value is -0.870. The number of hydrogen-bond donors (Lipinski definition) is 2. The van der Waals surface area contributed by atoms with Crippen molar-refractivity contribution in [1.82, 2.24) is 0 Å². The zero-order chi connectivity index (χ0) is 17.3. The Bertz CT molecular complexity index is 582.